The molecule has 0 radical (unpaired) electrons. The fraction of sp³-hybridized carbons (Fsp3) is 0.538. The predicted octanol–water partition coefficient (Wildman–Crippen LogP) is 2.50. The molecule has 0 aliphatic heterocycles. The molecule has 0 saturated heterocycles. The molecule has 0 aromatic heterocycles. The Labute approximate surface area is 103 Å². The van der Waals surface area contributed by atoms with Crippen molar-refractivity contribution in [1.82, 2.24) is 0 Å². The van der Waals surface area contributed by atoms with Gasteiger partial charge in [-0.1, -0.05) is 0 Å². The minimum absolute atomic E-state index is 0.131. The van der Waals surface area contributed by atoms with Gasteiger partial charge in [-0.2, -0.15) is 0 Å². The molecule has 4 nitrogen and oxygen atoms in total. The van der Waals surface area contributed by atoms with Gasteiger partial charge in [0.05, 0.1) is 24.4 Å². The van der Waals surface area contributed by atoms with Gasteiger partial charge in [0.15, 0.2) is 0 Å². The summed E-state index contributed by atoms with van der Waals surface area (Å²) in [6.45, 7) is 7.32. The lowest BCUT2D eigenvalue weighted by molar-refractivity contribution is 0.158. The Bertz CT molecular complexity index is 364. The number of nitrogens with two attached hydrogens (primary N) is 1. The van der Waals surface area contributed by atoms with Crippen LogP contribution in [0.5, 0.6) is 5.75 Å². The number of hydrogen-bond acceptors (Lipinski definition) is 4. The van der Waals surface area contributed by atoms with Gasteiger partial charge in [0.1, 0.15) is 5.75 Å². The Balaban J connectivity index is 2.81. The molecule has 0 spiro atoms. The van der Waals surface area contributed by atoms with Crippen LogP contribution >= 0.6 is 0 Å². The summed E-state index contributed by atoms with van der Waals surface area (Å²) in [4.78, 5) is 0. The lowest BCUT2D eigenvalue weighted by Gasteiger charge is -2.27. The Morgan fingerprint density at radius 2 is 2.06 bits per heavy atom. The number of nitrogens with one attached hydrogen (secondary N) is 1. The second kappa shape index (κ2) is 5.77. The first-order valence-electron chi connectivity index (χ1n) is 5.78. The van der Waals surface area contributed by atoms with E-state index < -0.39 is 0 Å². The highest BCUT2D eigenvalue weighted by molar-refractivity contribution is 5.62. The monoisotopic (exact) mass is 238 g/mol. The van der Waals surface area contributed by atoms with Crippen molar-refractivity contribution < 1.29 is 9.47 Å². The summed E-state index contributed by atoms with van der Waals surface area (Å²) in [7, 11) is 1.69. The molecule has 17 heavy (non-hydrogen) atoms. The lowest BCUT2D eigenvalue weighted by atomic mass is 10.1. The van der Waals surface area contributed by atoms with Crippen molar-refractivity contribution in [3.8, 4) is 5.75 Å². The molecule has 3 N–H and O–H groups in total. The van der Waals surface area contributed by atoms with Crippen LogP contribution in [0.25, 0.3) is 0 Å². The number of nitrogen functional groups attached to an aromatic ring is 1. The van der Waals surface area contributed by atoms with Gasteiger partial charge in [0.25, 0.3) is 0 Å². The van der Waals surface area contributed by atoms with E-state index in [0.717, 1.165) is 5.69 Å². The van der Waals surface area contributed by atoms with E-state index in [2.05, 4.69) is 19.2 Å². The average molecular weight is 238 g/mol. The minimum atomic E-state index is -0.131. The number of benzene rings is 1. The van der Waals surface area contributed by atoms with Crippen LogP contribution in [0.15, 0.2) is 18.2 Å². The number of hydrogen-bond donors (Lipinski definition) is 2. The zero-order chi connectivity index (χ0) is 12.9. The molecule has 0 fully saturated rings. The van der Waals surface area contributed by atoms with Gasteiger partial charge in [-0.05, 0) is 32.9 Å². The van der Waals surface area contributed by atoms with Crippen molar-refractivity contribution in [3.63, 3.8) is 0 Å². The summed E-state index contributed by atoms with van der Waals surface area (Å²) in [5, 5.41) is 3.38. The molecule has 0 aliphatic rings. The summed E-state index contributed by atoms with van der Waals surface area (Å²) in [5.41, 5.74) is 7.32. The van der Waals surface area contributed by atoms with Gasteiger partial charge in [-0.3, -0.25) is 0 Å². The molecule has 0 saturated carbocycles. The Morgan fingerprint density at radius 1 is 1.35 bits per heavy atom. The van der Waals surface area contributed by atoms with Gasteiger partial charge >= 0.3 is 0 Å². The van der Waals surface area contributed by atoms with Crippen molar-refractivity contribution in [2.75, 3.05) is 31.4 Å². The van der Waals surface area contributed by atoms with E-state index in [1.807, 2.05) is 25.1 Å². The summed E-state index contributed by atoms with van der Waals surface area (Å²) < 4.78 is 10.6. The van der Waals surface area contributed by atoms with E-state index in [1.54, 1.807) is 7.11 Å². The van der Waals surface area contributed by atoms with Crippen LogP contribution < -0.4 is 15.8 Å². The van der Waals surface area contributed by atoms with Gasteiger partial charge in [0.2, 0.25) is 0 Å². The molecular formula is C13H22N2O2. The maximum atomic E-state index is 5.82. The van der Waals surface area contributed by atoms with E-state index in [4.69, 9.17) is 15.2 Å². The first-order chi connectivity index (χ1) is 7.98. The van der Waals surface area contributed by atoms with Crippen LogP contribution in [0.4, 0.5) is 11.4 Å². The first kappa shape index (κ1) is 13.6. The molecule has 1 aromatic carbocycles. The van der Waals surface area contributed by atoms with Gasteiger partial charge in [-0.15, -0.1) is 0 Å². The number of rotatable bonds is 6. The zero-order valence-corrected chi connectivity index (χ0v) is 11.0. The van der Waals surface area contributed by atoms with Crippen LogP contribution in [0.3, 0.4) is 0 Å². The van der Waals surface area contributed by atoms with Crippen LogP contribution in [0, 0.1) is 0 Å². The third kappa shape index (κ3) is 4.15. The molecular weight excluding hydrogens is 216 g/mol. The SMILES string of the molecule is CCOc1cc(NC(C)(C)COC)ccc1N. The van der Waals surface area contributed by atoms with Crippen molar-refractivity contribution in [3.05, 3.63) is 18.2 Å². The fourth-order valence-electron chi connectivity index (χ4n) is 1.68. The zero-order valence-electron chi connectivity index (χ0n) is 11.0. The third-order valence-electron chi connectivity index (χ3n) is 2.30. The fourth-order valence-corrected chi connectivity index (χ4v) is 1.68. The largest absolute Gasteiger partial charge is 0.492 e. The van der Waals surface area contributed by atoms with Crippen molar-refractivity contribution in [1.29, 1.82) is 0 Å². The van der Waals surface area contributed by atoms with E-state index in [-0.39, 0.29) is 5.54 Å². The second-order valence-corrected chi connectivity index (χ2v) is 4.63. The smallest absolute Gasteiger partial charge is 0.144 e. The predicted molar refractivity (Wildman–Crippen MR) is 71.6 cm³/mol. The average Bonchev–Trinajstić information content (AvgIpc) is 2.23. The second-order valence-electron chi connectivity index (χ2n) is 4.63. The molecule has 0 heterocycles. The van der Waals surface area contributed by atoms with Gasteiger partial charge in [-0.25, -0.2) is 0 Å². The Morgan fingerprint density at radius 3 is 2.65 bits per heavy atom. The third-order valence-corrected chi connectivity index (χ3v) is 2.30. The van der Waals surface area contributed by atoms with Crippen LogP contribution in [-0.2, 0) is 4.74 Å². The van der Waals surface area contributed by atoms with E-state index in [1.165, 1.54) is 0 Å². The van der Waals surface area contributed by atoms with E-state index in [0.29, 0.717) is 24.7 Å². The molecule has 1 aromatic rings. The highest BCUT2D eigenvalue weighted by atomic mass is 16.5. The van der Waals surface area contributed by atoms with Crippen LogP contribution in [-0.4, -0.2) is 25.9 Å². The first-order valence-corrected chi connectivity index (χ1v) is 5.78. The molecule has 0 amide bonds. The van der Waals surface area contributed by atoms with Crippen molar-refractivity contribution >= 4 is 11.4 Å². The Kier molecular flexibility index (Phi) is 4.63. The lowest BCUT2D eigenvalue weighted by Crippen LogP contribution is -2.35. The molecule has 96 valence electrons. The number of ether oxygens (including phenoxy) is 2. The molecule has 0 bridgehead atoms. The standard InChI is InChI=1S/C13H22N2O2/c1-5-17-12-8-10(6-7-11(12)14)15-13(2,3)9-16-4/h6-8,15H,5,9,14H2,1-4H3. The van der Waals surface area contributed by atoms with Crippen molar-refractivity contribution in [2.24, 2.45) is 0 Å². The number of anilines is 2. The number of methoxy groups -OCH3 is 1. The summed E-state index contributed by atoms with van der Waals surface area (Å²) >= 11 is 0. The van der Waals surface area contributed by atoms with Crippen LogP contribution in [0.1, 0.15) is 20.8 Å². The van der Waals surface area contributed by atoms with Gasteiger partial charge < -0.3 is 20.5 Å². The van der Waals surface area contributed by atoms with E-state index >= 15 is 0 Å². The molecule has 4 heteroatoms. The Hall–Kier alpha value is -1.42. The topological polar surface area (TPSA) is 56.5 Å². The maximum Gasteiger partial charge on any atom is 0.144 e. The van der Waals surface area contributed by atoms with Gasteiger partial charge in [0, 0.05) is 18.9 Å². The summed E-state index contributed by atoms with van der Waals surface area (Å²) in [6, 6.07) is 5.70. The normalized spacial score (nSPS) is 11.3. The maximum absolute atomic E-state index is 5.82. The molecule has 0 unspecified atom stereocenters. The molecule has 0 atom stereocenters. The van der Waals surface area contributed by atoms with Crippen molar-refractivity contribution in [2.45, 2.75) is 26.3 Å². The summed E-state index contributed by atoms with van der Waals surface area (Å²) in [5.74, 6) is 0.714. The highest BCUT2D eigenvalue weighted by Crippen LogP contribution is 2.27. The molecule has 1 rings (SSSR count). The minimum Gasteiger partial charge on any atom is -0.492 e. The molecule has 0 aliphatic carbocycles. The van der Waals surface area contributed by atoms with Crippen LogP contribution in [0.2, 0.25) is 0 Å². The highest BCUT2D eigenvalue weighted by Gasteiger charge is 2.17. The quantitative estimate of drug-likeness (QED) is 0.748. The van der Waals surface area contributed by atoms with E-state index in [9.17, 15) is 0 Å². The summed E-state index contributed by atoms with van der Waals surface area (Å²) in [6.07, 6.45) is 0.